The monoisotopic (exact) mass is 299 g/mol. The Labute approximate surface area is 127 Å². The lowest BCUT2D eigenvalue weighted by Crippen LogP contribution is -2.00. The summed E-state index contributed by atoms with van der Waals surface area (Å²) in [5, 5.41) is 5.43. The Morgan fingerprint density at radius 1 is 1.29 bits per heavy atom. The molecule has 0 amide bonds. The lowest BCUT2D eigenvalue weighted by atomic mass is 10.0. The molecular formula is C16H14ClN3O. The molecule has 0 aliphatic heterocycles. The average Bonchev–Trinajstić information content (AvgIpc) is 2.83. The van der Waals surface area contributed by atoms with Gasteiger partial charge in [0.2, 0.25) is 0 Å². The number of aryl methyl sites for hydroxylation is 2. The molecule has 2 heterocycles. The highest BCUT2D eigenvalue weighted by molar-refractivity contribution is 6.34. The molecule has 0 saturated heterocycles. The molecule has 0 saturated carbocycles. The fraction of sp³-hybridized carbons (Fsp3) is 0.188. The molecule has 0 N–H and O–H groups in total. The van der Waals surface area contributed by atoms with Gasteiger partial charge in [0, 0.05) is 24.2 Å². The van der Waals surface area contributed by atoms with Crippen molar-refractivity contribution in [3.05, 3.63) is 46.6 Å². The van der Waals surface area contributed by atoms with Gasteiger partial charge in [-0.25, -0.2) is 4.98 Å². The van der Waals surface area contributed by atoms with Crippen LogP contribution in [0.4, 0.5) is 0 Å². The lowest BCUT2D eigenvalue weighted by Gasteiger charge is -2.10. The van der Waals surface area contributed by atoms with Crippen LogP contribution in [0.2, 0.25) is 5.02 Å². The maximum absolute atomic E-state index is 11.8. The van der Waals surface area contributed by atoms with Crippen molar-refractivity contribution in [1.29, 1.82) is 0 Å². The maximum atomic E-state index is 11.8. The molecule has 0 aliphatic rings. The van der Waals surface area contributed by atoms with Crippen LogP contribution in [-0.2, 0) is 7.05 Å². The van der Waals surface area contributed by atoms with Crippen LogP contribution in [0.1, 0.15) is 22.8 Å². The standard InChI is InChI=1S/C16H14ClN3O/c1-9-6-11(10(2)21)12-8-13(17)16(19-14(12)7-9)15-4-5-18-20(15)3/h4-8H,1-3H3. The van der Waals surface area contributed by atoms with E-state index in [1.165, 1.54) is 0 Å². The Bertz CT molecular complexity index is 867. The van der Waals surface area contributed by atoms with Crippen molar-refractivity contribution >= 4 is 28.3 Å². The summed E-state index contributed by atoms with van der Waals surface area (Å²) < 4.78 is 1.72. The minimum Gasteiger partial charge on any atom is -0.294 e. The summed E-state index contributed by atoms with van der Waals surface area (Å²) in [6, 6.07) is 7.49. The number of Topliss-reactive ketones (excluding diaryl/α,β-unsaturated/α-hetero) is 1. The maximum Gasteiger partial charge on any atom is 0.160 e. The van der Waals surface area contributed by atoms with E-state index in [1.54, 1.807) is 17.8 Å². The summed E-state index contributed by atoms with van der Waals surface area (Å²) >= 11 is 6.37. The molecular weight excluding hydrogens is 286 g/mol. The summed E-state index contributed by atoms with van der Waals surface area (Å²) in [4.78, 5) is 16.4. The van der Waals surface area contributed by atoms with Crippen LogP contribution in [-0.4, -0.2) is 20.5 Å². The number of benzene rings is 1. The molecule has 3 aromatic rings. The van der Waals surface area contributed by atoms with E-state index in [1.807, 2.05) is 38.2 Å². The SMILES string of the molecule is CC(=O)c1cc(C)cc2nc(-c3ccnn3C)c(Cl)cc12. The molecule has 0 atom stereocenters. The van der Waals surface area contributed by atoms with Crippen LogP contribution in [0.15, 0.2) is 30.5 Å². The third-order valence-corrected chi connectivity index (χ3v) is 3.76. The largest absolute Gasteiger partial charge is 0.294 e. The first kappa shape index (κ1) is 13.8. The van der Waals surface area contributed by atoms with Gasteiger partial charge in [0.25, 0.3) is 0 Å². The predicted molar refractivity (Wildman–Crippen MR) is 83.7 cm³/mol. The molecule has 0 fully saturated rings. The van der Waals surface area contributed by atoms with E-state index in [4.69, 9.17) is 11.6 Å². The zero-order valence-corrected chi connectivity index (χ0v) is 12.8. The quantitative estimate of drug-likeness (QED) is 0.676. The molecule has 0 bridgehead atoms. The van der Waals surface area contributed by atoms with Gasteiger partial charge in [0.1, 0.15) is 5.69 Å². The van der Waals surface area contributed by atoms with Crippen LogP contribution in [0.25, 0.3) is 22.3 Å². The highest BCUT2D eigenvalue weighted by Crippen LogP contribution is 2.31. The Morgan fingerprint density at radius 3 is 2.67 bits per heavy atom. The molecule has 4 nitrogen and oxygen atoms in total. The smallest absolute Gasteiger partial charge is 0.160 e. The lowest BCUT2D eigenvalue weighted by molar-refractivity contribution is 0.101. The third-order valence-electron chi connectivity index (χ3n) is 3.47. The van der Waals surface area contributed by atoms with Gasteiger partial charge in [-0.1, -0.05) is 11.6 Å². The highest BCUT2D eigenvalue weighted by atomic mass is 35.5. The number of carbonyl (C=O) groups is 1. The van der Waals surface area contributed by atoms with Gasteiger partial charge in [-0.15, -0.1) is 0 Å². The second kappa shape index (κ2) is 4.97. The van der Waals surface area contributed by atoms with Gasteiger partial charge in [-0.3, -0.25) is 9.48 Å². The molecule has 0 unspecified atom stereocenters. The van der Waals surface area contributed by atoms with Crippen LogP contribution in [0.5, 0.6) is 0 Å². The normalized spacial score (nSPS) is 11.0. The summed E-state index contributed by atoms with van der Waals surface area (Å²) in [6.45, 7) is 3.50. The van der Waals surface area contributed by atoms with E-state index < -0.39 is 0 Å². The van der Waals surface area contributed by atoms with Crippen molar-refractivity contribution in [2.24, 2.45) is 7.05 Å². The number of aromatic nitrogens is 3. The van der Waals surface area contributed by atoms with Crippen molar-refractivity contribution in [1.82, 2.24) is 14.8 Å². The Balaban J connectivity index is 2.35. The van der Waals surface area contributed by atoms with Crippen molar-refractivity contribution in [3.63, 3.8) is 0 Å². The number of nitrogens with zero attached hydrogens (tertiary/aromatic N) is 3. The molecule has 3 rings (SSSR count). The Hall–Kier alpha value is -2.20. The molecule has 0 radical (unpaired) electrons. The first-order valence-electron chi connectivity index (χ1n) is 6.57. The van der Waals surface area contributed by atoms with Crippen molar-refractivity contribution in [2.75, 3.05) is 0 Å². The van der Waals surface area contributed by atoms with Gasteiger partial charge in [-0.05, 0) is 43.7 Å². The molecule has 5 heteroatoms. The molecule has 2 aromatic heterocycles. The van der Waals surface area contributed by atoms with Gasteiger partial charge in [-0.2, -0.15) is 5.10 Å². The van der Waals surface area contributed by atoms with Gasteiger partial charge in [0.15, 0.2) is 5.78 Å². The van der Waals surface area contributed by atoms with E-state index in [0.29, 0.717) is 16.3 Å². The number of halogens is 1. The van der Waals surface area contributed by atoms with Crippen LogP contribution < -0.4 is 0 Å². The summed E-state index contributed by atoms with van der Waals surface area (Å²) in [5.74, 6) is 0.00912. The van der Waals surface area contributed by atoms with Gasteiger partial charge >= 0.3 is 0 Å². The average molecular weight is 300 g/mol. The predicted octanol–water partition coefficient (Wildman–Crippen LogP) is 3.80. The minimum absolute atomic E-state index is 0.00912. The Morgan fingerprint density at radius 2 is 2.05 bits per heavy atom. The number of pyridine rings is 1. The molecule has 0 aliphatic carbocycles. The second-order valence-corrected chi connectivity index (χ2v) is 5.50. The molecule has 1 aromatic carbocycles. The number of hydrogen-bond donors (Lipinski definition) is 0. The van der Waals surface area contributed by atoms with E-state index in [-0.39, 0.29) is 5.78 Å². The summed E-state index contributed by atoms with van der Waals surface area (Å²) in [5.41, 5.74) is 3.92. The second-order valence-electron chi connectivity index (χ2n) is 5.09. The fourth-order valence-electron chi connectivity index (χ4n) is 2.47. The molecule has 21 heavy (non-hydrogen) atoms. The zero-order valence-electron chi connectivity index (χ0n) is 12.0. The number of rotatable bonds is 2. The van der Waals surface area contributed by atoms with Crippen molar-refractivity contribution < 1.29 is 4.79 Å². The number of hydrogen-bond acceptors (Lipinski definition) is 3. The molecule has 106 valence electrons. The van der Waals surface area contributed by atoms with Crippen molar-refractivity contribution in [2.45, 2.75) is 13.8 Å². The zero-order chi connectivity index (χ0) is 15.1. The number of fused-ring (bicyclic) bond motifs is 1. The van der Waals surface area contributed by atoms with Crippen molar-refractivity contribution in [3.8, 4) is 11.4 Å². The van der Waals surface area contributed by atoms with Gasteiger partial charge in [0.05, 0.1) is 16.2 Å². The first-order valence-corrected chi connectivity index (χ1v) is 6.95. The van der Waals surface area contributed by atoms with E-state index in [0.717, 1.165) is 22.2 Å². The van der Waals surface area contributed by atoms with E-state index in [9.17, 15) is 4.79 Å². The molecule has 0 spiro atoms. The number of carbonyl (C=O) groups excluding carboxylic acids is 1. The highest BCUT2D eigenvalue weighted by Gasteiger charge is 2.14. The summed E-state index contributed by atoms with van der Waals surface area (Å²) in [6.07, 6.45) is 1.70. The van der Waals surface area contributed by atoms with Crippen LogP contribution >= 0.6 is 11.6 Å². The van der Waals surface area contributed by atoms with Gasteiger partial charge < -0.3 is 0 Å². The fourth-order valence-corrected chi connectivity index (χ4v) is 2.72. The topological polar surface area (TPSA) is 47.8 Å². The summed E-state index contributed by atoms with van der Waals surface area (Å²) in [7, 11) is 1.84. The van der Waals surface area contributed by atoms with Crippen LogP contribution in [0, 0.1) is 6.92 Å². The third kappa shape index (κ3) is 2.32. The first-order chi connectivity index (χ1) is 9.97. The van der Waals surface area contributed by atoms with E-state index in [2.05, 4.69) is 10.1 Å². The minimum atomic E-state index is 0.00912. The number of ketones is 1. The van der Waals surface area contributed by atoms with E-state index >= 15 is 0 Å². The van der Waals surface area contributed by atoms with Crippen LogP contribution in [0.3, 0.4) is 0 Å². The Kier molecular flexibility index (Phi) is 3.26.